The van der Waals surface area contributed by atoms with E-state index in [-0.39, 0.29) is 19.1 Å². The fraction of sp³-hybridized carbons (Fsp3) is 0.364. The van der Waals surface area contributed by atoms with E-state index in [4.69, 9.17) is 10.2 Å². The molecule has 0 aliphatic carbocycles. The largest absolute Gasteiger partial charge is 0.394 e. The van der Waals surface area contributed by atoms with Crippen LogP contribution in [0.15, 0.2) is 29.2 Å². The molecule has 1 atom stereocenters. The van der Waals surface area contributed by atoms with Crippen molar-refractivity contribution in [2.24, 2.45) is 0 Å². The predicted molar refractivity (Wildman–Crippen MR) is 63.6 cm³/mol. The number of carbonyl (C=O) groups excluding carboxylic acids is 1. The van der Waals surface area contributed by atoms with Crippen molar-refractivity contribution in [1.29, 1.82) is 0 Å². The Hall–Kier alpha value is -1.04. The van der Waals surface area contributed by atoms with Gasteiger partial charge >= 0.3 is 0 Å². The van der Waals surface area contributed by atoms with Gasteiger partial charge in [-0.15, -0.1) is 11.8 Å². The molecule has 1 aromatic carbocycles. The van der Waals surface area contributed by atoms with Gasteiger partial charge in [0.25, 0.3) is 5.91 Å². The summed E-state index contributed by atoms with van der Waals surface area (Å²) in [7, 11) is 0. The van der Waals surface area contributed by atoms with E-state index in [0.717, 1.165) is 4.90 Å². The van der Waals surface area contributed by atoms with E-state index in [0.29, 0.717) is 5.56 Å². The van der Waals surface area contributed by atoms with Crippen molar-refractivity contribution >= 4 is 17.7 Å². The van der Waals surface area contributed by atoms with E-state index >= 15 is 0 Å². The summed E-state index contributed by atoms with van der Waals surface area (Å²) in [5, 5.41) is 20.2. The molecule has 1 aromatic rings. The molecule has 3 N–H and O–H groups in total. The maximum atomic E-state index is 11.6. The van der Waals surface area contributed by atoms with Gasteiger partial charge in [-0.25, -0.2) is 0 Å². The summed E-state index contributed by atoms with van der Waals surface area (Å²) in [5.74, 6) is -0.250. The first-order valence-corrected chi connectivity index (χ1v) is 6.11. The zero-order valence-corrected chi connectivity index (χ0v) is 9.83. The summed E-state index contributed by atoms with van der Waals surface area (Å²) in [6.45, 7) is -0.300. The Balaban J connectivity index is 2.52. The van der Waals surface area contributed by atoms with Crippen LogP contribution in [0.3, 0.4) is 0 Å². The van der Waals surface area contributed by atoms with Gasteiger partial charge in [-0.2, -0.15) is 0 Å². The summed E-state index contributed by atoms with van der Waals surface area (Å²) < 4.78 is 0. The number of hydrogen-bond donors (Lipinski definition) is 3. The van der Waals surface area contributed by atoms with Crippen LogP contribution in [0.1, 0.15) is 10.4 Å². The molecule has 0 aliphatic heterocycles. The highest BCUT2D eigenvalue weighted by atomic mass is 32.2. The number of hydrogen-bond acceptors (Lipinski definition) is 4. The first-order chi connectivity index (χ1) is 7.67. The molecular weight excluding hydrogens is 226 g/mol. The van der Waals surface area contributed by atoms with Crippen molar-refractivity contribution in [3.05, 3.63) is 29.8 Å². The lowest BCUT2D eigenvalue weighted by Crippen LogP contribution is -2.33. The molecule has 0 radical (unpaired) electrons. The number of aliphatic hydroxyl groups is 2. The molecule has 1 unspecified atom stereocenters. The zero-order valence-electron chi connectivity index (χ0n) is 9.01. The molecule has 88 valence electrons. The molecule has 0 aliphatic rings. The predicted octanol–water partition coefficient (Wildman–Crippen LogP) is 0.492. The Kier molecular flexibility index (Phi) is 5.31. The van der Waals surface area contributed by atoms with E-state index < -0.39 is 6.10 Å². The normalized spacial score (nSPS) is 12.2. The molecular formula is C11H15NO3S. The average molecular weight is 241 g/mol. The molecule has 1 amide bonds. The summed E-state index contributed by atoms with van der Waals surface area (Å²) in [4.78, 5) is 12.6. The van der Waals surface area contributed by atoms with Crippen LogP contribution in [0.25, 0.3) is 0 Å². The minimum absolute atomic E-state index is 0.0552. The molecule has 0 fully saturated rings. The Labute approximate surface area is 98.7 Å². The van der Waals surface area contributed by atoms with Gasteiger partial charge < -0.3 is 15.5 Å². The van der Waals surface area contributed by atoms with Crippen molar-refractivity contribution in [2.75, 3.05) is 19.4 Å². The third-order valence-corrected chi connectivity index (χ3v) is 2.80. The quantitative estimate of drug-likeness (QED) is 0.656. The van der Waals surface area contributed by atoms with E-state index in [1.54, 1.807) is 23.9 Å². The lowest BCUT2D eigenvalue weighted by Gasteiger charge is -2.09. The topological polar surface area (TPSA) is 69.6 Å². The third-order valence-electron chi connectivity index (χ3n) is 2.06. The Bertz CT molecular complexity index is 340. The molecule has 4 nitrogen and oxygen atoms in total. The highest BCUT2D eigenvalue weighted by Gasteiger charge is 2.07. The van der Waals surface area contributed by atoms with Gasteiger partial charge in [-0.1, -0.05) is 0 Å². The number of rotatable bonds is 5. The van der Waals surface area contributed by atoms with Crippen molar-refractivity contribution in [3.8, 4) is 0 Å². The second-order valence-electron chi connectivity index (χ2n) is 3.27. The molecule has 0 spiro atoms. The minimum Gasteiger partial charge on any atom is -0.394 e. The van der Waals surface area contributed by atoms with Crippen molar-refractivity contribution in [1.82, 2.24) is 5.32 Å². The Morgan fingerprint density at radius 1 is 1.44 bits per heavy atom. The van der Waals surface area contributed by atoms with Gasteiger partial charge in [0, 0.05) is 17.0 Å². The van der Waals surface area contributed by atoms with Crippen molar-refractivity contribution in [3.63, 3.8) is 0 Å². The molecule has 0 saturated carbocycles. The first-order valence-electron chi connectivity index (χ1n) is 4.88. The SMILES string of the molecule is CSc1ccc(C(=O)NCC(O)CO)cc1. The zero-order chi connectivity index (χ0) is 12.0. The van der Waals surface area contributed by atoms with E-state index in [1.807, 2.05) is 18.4 Å². The second-order valence-corrected chi connectivity index (χ2v) is 4.15. The Morgan fingerprint density at radius 2 is 2.06 bits per heavy atom. The third kappa shape index (κ3) is 3.84. The van der Waals surface area contributed by atoms with Gasteiger partial charge in [-0.05, 0) is 30.5 Å². The number of nitrogens with one attached hydrogen (secondary N) is 1. The molecule has 0 saturated heterocycles. The molecule has 0 bridgehead atoms. The number of amides is 1. The van der Waals surface area contributed by atoms with Gasteiger partial charge in [0.1, 0.15) is 0 Å². The minimum atomic E-state index is -0.908. The van der Waals surface area contributed by atoms with Crippen molar-refractivity contribution in [2.45, 2.75) is 11.0 Å². The maximum absolute atomic E-state index is 11.6. The molecule has 1 rings (SSSR count). The standard InChI is InChI=1S/C11H15NO3S/c1-16-10-4-2-8(3-5-10)11(15)12-6-9(14)7-13/h2-5,9,13-14H,6-7H2,1H3,(H,12,15). The highest BCUT2D eigenvalue weighted by Crippen LogP contribution is 2.14. The van der Waals surface area contributed by atoms with E-state index in [1.165, 1.54) is 0 Å². The van der Waals surface area contributed by atoms with Crippen LogP contribution >= 0.6 is 11.8 Å². The van der Waals surface area contributed by atoms with Crippen LogP contribution in [0.2, 0.25) is 0 Å². The monoisotopic (exact) mass is 241 g/mol. The number of thioether (sulfide) groups is 1. The summed E-state index contributed by atoms with van der Waals surface area (Å²) in [6, 6.07) is 7.18. The fourth-order valence-corrected chi connectivity index (χ4v) is 1.53. The maximum Gasteiger partial charge on any atom is 0.251 e. The smallest absolute Gasteiger partial charge is 0.251 e. The van der Waals surface area contributed by atoms with Gasteiger partial charge in [-0.3, -0.25) is 4.79 Å². The summed E-state index contributed by atoms with van der Waals surface area (Å²) in [5.41, 5.74) is 0.544. The summed E-state index contributed by atoms with van der Waals surface area (Å²) in [6.07, 6.45) is 1.06. The molecule has 16 heavy (non-hydrogen) atoms. The van der Waals surface area contributed by atoms with Crippen molar-refractivity contribution < 1.29 is 15.0 Å². The average Bonchev–Trinajstić information content (AvgIpc) is 2.35. The van der Waals surface area contributed by atoms with Gasteiger partial charge in [0.05, 0.1) is 12.7 Å². The highest BCUT2D eigenvalue weighted by molar-refractivity contribution is 7.98. The van der Waals surface area contributed by atoms with Crippen LogP contribution in [0, 0.1) is 0 Å². The van der Waals surface area contributed by atoms with Gasteiger partial charge in [0.15, 0.2) is 0 Å². The second kappa shape index (κ2) is 6.52. The number of aliphatic hydroxyl groups excluding tert-OH is 2. The van der Waals surface area contributed by atoms with Crippen LogP contribution in [0.4, 0.5) is 0 Å². The number of carbonyl (C=O) groups is 1. The van der Waals surface area contributed by atoms with Crippen LogP contribution in [-0.4, -0.2) is 41.6 Å². The van der Waals surface area contributed by atoms with Gasteiger partial charge in [0.2, 0.25) is 0 Å². The van der Waals surface area contributed by atoms with Crippen LogP contribution < -0.4 is 5.32 Å². The van der Waals surface area contributed by atoms with E-state index in [2.05, 4.69) is 5.32 Å². The lowest BCUT2D eigenvalue weighted by atomic mass is 10.2. The molecule has 5 heteroatoms. The molecule has 0 heterocycles. The number of benzene rings is 1. The Morgan fingerprint density at radius 3 is 2.56 bits per heavy atom. The van der Waals surface area contributed by atoms with Crippen LogP contribution in [0.5, 0.6) is 0 Å². The molecule has 0 aromatic heterocycles. The van der Waals surface area contributed by atoms with E-state index in [9.17, 15) is 4.79 Å². The lowest BCUT2D eigenvalue weighted by molar-refractivity contribution is 0.0802. The fourth-order valence-electron chi connectivity index (χ4n) is 1.12. The van der Waals surface area contributed by atoms with Crippen LogP contribution in [-0.2, 0) is 0 Å². The first kappa shape index (κ1) is 13.0. The summed E-state index contributed by atoms with van der Waals surface area (Å²) >= 11 is 1.61.